The summed E-state index contributed by atoms with van der Waals surface area (Å²) in [6.07, 6.45) is 9.72. The van der Waals surface area contributed by atoms with Gasteiger partial charge in [0, 0.05) is 18.5 Å². The van der Waals surface area contributed by atoms with Crippen LogP contribution in [0, 0.1) is 0 Å². The van der Waals surface area contributed by atoms with Crippen LogP contribution < -0.4 is 5.32 Å². The molecule has 1 aliphatic rings. The molecule has 0 radical (unpaired) electrons. The van der Waals surface area contributed by atoms with Gasteiger partial charge in [-0.1, -0.05) is 38.3 Å². The largest absolute Gasteiger partial charge is 0.314 e. The molecule has 1 saturated carbocycles. The van der Waals surface area contributed by atoms with Crippen LogP contribution >= 0.6 is 0 Å². The van der Waals surface area contributed by atoms with Crippen molar-refractivity contribution >= 4 is 0 Å². The summed E-state index contributed by atoms with van der Waals surface area (Å²) in [7, 11) is 0. The van der Waals surface area contributed by atoms with Crippen molar-refractivity contribution in [2.24, 2.45) is 0 Å². The SMILES string of the molecule is CCCn1nncc1C1CCCCCC1NCC. The van der Waals surface area contributed by atoms with Gasteiger partial charge in [0.25, 0.3) is 0 Å². The molecule has 4 nitrogen and oxygen atoms in total. The molecule has 1 aliphatic carbocycles. The Morgan fingerprint density at radius 1 is 1.28 bits per heavy atom. The van der Waals surface area contributed by atoms with Gasteiger partial charge in [-0.2, -0.15) is 0 Å². The second kappa shape index (κ2) is 6.88. The van der Waals surface area contributed by atoms with E-state index in [2.05, 4.69) is 34.2 Å². The van der Waals surface area contributed by atoms with E-state index in [1.54, 1.807) is 0 Å². The van der Waals surface area contributed by atoms with Gasteiger partial charge in [-0.05, 0) is 25.8 Å². The average molecular weight is 250 g/mol. The molecule has 0 aliphatic heterocycles. The first-order valence-corrected chi connectivity index (χ1v) is 7.48. The molecule has 0 spiro atoms. The molecule has 1 aromatic heterocycles. The molecule has 0 amide bonds. The van der Waals surface area contributed by atoms with Crippen LogP contribution in [0.1, 0.15) is 64.0 Å². The van der Waals surface area contributed by atoms with Gasteiger partial charge in [0.2, 0.25) is 0 Å². The van der Waals surface area contributed by atoms with Crippen molar-refractivity contribution in [1.82, 2.24) is 20.3 Å². The van der Waals surface area contributed by atoms with E-state index in [4.69, 9.17) is 0 Å². The molecule has 1 heterocycles. The van der Waals surface area contributed by atoms with Crippen molar-refractivity contribution in [2.45, 2.75) is 70.9 Å². The van der Waals surface area contributed by atoms with Crippen LogP contribution in [0.5, 0.6) is 0 Å². The minimum Gasteiger partial charge on any atom is -0.314 e. The quantitative estimate of drug-likeness (QED) is 0.817. The first-order valence-electron chi connectivity index (χ1n) is 7.48. The molecule has 18 heavy (non-hydrogen) atoms. The summed E-state index contributed by atoms with van der Waals surface area (Å²) in [5, 5.41) is 12.0. The highest BCUT2D eigenvalue weighted by atomic mass is 15.4. The third kappa shape index (κ3) is 3.10. The van der Waals surface area contributed by atoms with Crippen molar-refractivity contribution in [3.63, 3.8) is 0 Å². The van der Waals surface area contributed by atoms with Gasteiger partial charge >= 0.3 is 0 Å². The highest BCUT2D eigenvalue weighted by molar-refractivity contribution is 5.08. The first-order chi connectivity index (χ1) is 8.86. The third-order valence-corrected chi connectivity index (χ3v) is 3.95. The van der Waals surface area contributed by atoms with E-state index >= 15 is 0 Å². The highest BCUT2D eigenvalue weighted by Gasteiger charge is 2.27. The number of hydrogen-bond donors (Lipinski definition) is 1. The Morgan fingerprint density at radius 3 is 2.89 bits per heavy atom. The summed E-state index contributed by atoms with van der Waals surface area (Å²) in [5.41, 5.74) is 1.34. The fourth-order valence-electron chi connectivity index (χ4n) is 3.11. The Balaban J connectivity index is 2.17. The monoisotopic (exact) mass is 250 g/mol. The van der Waals surface area contributed by atoms with Gasteiger partial charge in [0.15, 0.2) is 0 Å². The second-order valence-electron chi connectivity index (χ2n) is 5.29. The van der Waals surface area contributed by atoms with Gasteiger partial charge in [0.05, 0.1) is 11.9 Å². The molecule has 4 heteroatoms. The predicted molar refractivity (Wildman–Crippen MR) is 73.6 cm³/mol. The van der Waals surface area contributed by atoms with Crippen LogP contribution in [0.4, 0.5) is 0 Å². The number of rotatable bonds is 5. The minimum atomic E-state index is 0.592. The molecular weight excluding hydrogens is 224 g/mol. The Hall–Kier alpha value is -0.900. The zero-order valence-electron chi connectivity index (χ0n) is 11.7. The van der Waals surface area contributed by atoms with E-state index in [0.717, 1.165) is 19.5 Å². The summed E-state index contributed by atoms with van der Waals surface area (Å²) in [5.74, 6) is 0.592. The molecule has 2 rings (SSSR count). The fraction of sp³-hybridized carbons (Fsp3) is 0.857. The molecule has 2 unspecified atom stereocenters. The molecule has 1 fully saturated rings. The summed E-state index contributed by atoms with van der Waals surface area (Å²) in [6, 6.07) is 0.603. The van der Waals surface area contributed by atoms with Gasteiger partial charge in [-0.25, -0.2) is 4.68 Å². The van der Waals surface area contributed by atoms with Gasteiger partial charge in [-0.3, -0.25) is 0 Å². The van der Waals surface area contributed by atoms with Gasteiger partial charge in [-0.15, -0.1) is 5.10 Å². The Bertz CT molecular complexity index is 347. The number of hydrogen-bond acceptors (Lipinski definition) is 3. The summed E-state index contributed by atoms with van der Waals surface area (Å²) in [6.45, 7) is 6.44. The molecule has 1 N–H and O–H groups in total. The van der Waals surface area contributed by atoms with Crippen LogP contribution in [0.25, 0.3) is 0 Å². The smallest absolute Gasteiger partial charge is 0.0728 e. The molecule has 0 saturated heterocycles. The van der Waals surface area contributed by atoms with Crippen molar-refractivity contribution in [2.75, 3.05) is 6.54 Å². The standard InChI is InChI=1S/C14H26N4/c1-3-10-18-14(11-16-17-18)12-8-6-5-7-9-13(12)15-4-2/h11-13,15H,3-10H2,1-2H3. The zero-order valence-corrected chi connectivity index (χ0v) is 11.7. The number of nitrogens with zero attached hydrogens (tertiary/aromatic N) is 3. The van der Waals surface area contributed by atoms with E-state index in [9.17, 15) is 0 Å². The van der Waals surface area contributed by atoms with E-state index in [1.165, 1.54) is 37.8 Å². The second-order valence-corrected chi connectivity index (χ2v) is 5.29. The zero-order chi connectivity index (χ0) is 12.8. The molecule has 102 valence electrons. The maximum absolute atomic E-state index is 4.25. The number of nitrogens with one attached hydrogen (secondary N) is 1. The predicted octanol–water partition coefficient (Wildman–Crippen LogP) is 2.71. The summed E-state index contributed by atoms with van der Waals surface area (Å²) in [4.78, 5) is 0. The van der Waals surface area contributed by atoms with Crippen molar-refractivity contribution in [3.05, 3.63) is 11.9 Å². The Kier molecular flexibility index (Phi) is 5.17. The van der Waals surface area contributed by atoms with E-state index in [1.807, 2.05) is 6.20 Å². The maximum Gasteiger partial charge on any atom is 0.0728 e. The lowest BCUT2D eigenvalue weighted by molar-refractivity contribution is 0.394. The molecular formula is C14H26N4. The van der Waals surface area contributed by atoms with E-state index in [-0.39, 0.29) is 0 Å². The lowest BCUT2D eigenvalue weighted by Gasteiger charge is -2.26. The van der Waals surface area contributed by atoms with Crippen molar-refractivity contribution in [3.8, 4) is 0 Å². The van der Waals surface area contributed by atoms with Crippen LogP contribution in [0.15, 0.2) is 6.20 Å². The first kappa shape index (κ1) is 13.5. The van der Waals surface area contributed by atoms with Gasteiger partial charge < -0.3 is 5.32 Å². The van der Waals surface area contributed by atoms with Crippen molar-refractivity contribution in [1.29, 1.82) is 0 Å². The van der Waals surface area contributed by atoms with E-state index in [0.29, 0.717) is 12.0 Å². The Morgan fingerprint density at radius 2 is 2.11 bits per heavy atom. The number of aromatic nitrogens is 3. The lowest BCUT2D eigenvalue weighted by atomic mass is 9.91. The van der Waals surface area contributed by atoms with Crippen LogP contribution in [-0.2, 0) is 6.54 Å². The topological polar surface area (TPSA) is 42.7 Å². The third-order valence-electron chi connectivity index (χ3n) is 3.95. The van der Waals surface area contributed by atoms with Crippen LogP contribution in [0.3, 0.4) is 0 Å². The molecule has 2 atom stereocenters. The van der Waals surface area contributed by atoms with E-state index < -0.39 is 0 Å². The number of aryl methyl sites for hydroxylation is 1. The lowest BCUT2D eigenvalue weighted by Crippen LogP contribution is -2.35. The molecule has 0 bridgehead atoms. The van der Waals surface area contributed by atoms with Crippen LogP contribution in [-0.4, -0.2) is 27.6 Å². The van der Waals surface area contributed by atoms with Gasteiger partial charge in [0.1, 0.15) is 0 Å². The number of likely N-dealkylation sites (N-methyl/N-ethyl adjacent to an activating group) is 1. The molecule has 0 aromatic carbocycles. The minimum absolute atomic E-state index is 0.592. The highest BCUT2D eigenvalue weighted by Crippen LogP contribution is 2.31. The fourth-order valence-corrected chi connectivity index (χ4v) is 3.11. The summed E-state index contributed by atoms with van der Waals surface area (Å²) < 4.78 is 2.11. The average Bonchev–Trinajstić information content (AvgIpc) is 2.69. The maximum atomic E-state index is 4.25. The Labute approximate surface area is 110 Å². The normalized spacial score (nSPS) is 25.0. The molecule has 1 aromatic rings. The summed E-state index contributed by atoms with van der Waals surface area (Å²) >= 11 is 0. The van der Waals surface area contributed by atoms with Crippen molar-refractivity contribution < 1.29 is 0 Å². The van der Waals surface area contributed by atoms with Crippen LogP contribution in [0.2, 0.25) is 0 Å².